The zero-order valence-corrected chi connectivity index (χ0v) is 15.5. The molecule has 96 valence electrons. The van der Waals surface area contributed by atoms with Crippen molar-refractivity contribution in [3.05, 3.63) is 4.47 Å². The number of fused-ring (bicyclic) bond motifs is 3. The second kappa shape index (κ2) is 4.84. The maximum atomic E-state index is 3.78. The molecule has 1 heterocycles. The van der Waals surface area contributed by atoms with E-state index in [0.717, 1.165) is 0 Å². The van der Waals surface area contributed by atoms with Crippen LogP contribution in [0.5, 0.6) is 0 Å². The number of nitrogens with one attached hydrogen (secondary N) is 1. The van der Waals surface area contributed by atoms with Gasteiger partial charge < -0.3 is 4.98 Å². The largest absolute Gasteiger partial charge is 0.356 e. The summed E-state index contributed by atoms with van der Waals surface area (Å²) in [6.45, 7) is 0. The molecule has 0 radical (unpaired) electrons. The first kappa shape index (κ1) is 15.1. The van der Waals surface area contributed by atoms with Gasteiger partial charge in [0.1, 0.15) is 54.9 Å². The van der Waals surface area contributed by atoms with Gasteiger partial charge in [0.2, 0.25) is 0 Å². The number of H-pyrrole nitrogens is 1. The molecule has 0 saturated heterocycles. The van der Waals surface area contributed by atoms with Gasteiger partial charge in [0, 0.05) is 20.9 Å². The van der Waals surface area contributed by atoms with Gasteiger partial charge in [0.05, 0.1) is 0 Å². The number of aromatic nitrogens is 1. The molecule has 0 atom stereocenters. The third kappa shape index (κ3) is 1.86. The quantitative estimate of drug-likeness (QED) is 0.395. The average Bonchev–Trinajstić information content (AvgIpc) is 2.87. The standard InChI is InChI=1S/C12H15B7BrN/c13-3-1-2-4(14)10(20)7(17)9(19)12(2)21-11(1)8(18)6(16)5(3)15/h21H,13-19H2. The molecular weight excluding hydrogens is 314 g/mol. The molecular formula is C12H15B7BrN. The highest BCUT2D eigenvalue weighted by atomic mass is 79.9. The van der Waals surface area contributed by atoms with Gasteiger partial charge in [-0.2, -0.15) is 0 Å². The summed E-state index contributed by atoms with van der Waals surface area (Å²) in [7, 11) is 15.6. The van der Waals surface area contributed by atoms with Crippen LogP contribution >= 0.6 is 15.9 Å². The molecule has 0 fully saturated rings. The second-order valence-electron chi connectivity index (χ2n) is 6.31. The van der Waals surface area contributed by atoms with Gasteiger partial charge in [0.25, 0.3) is 0 Å². The van der Waals surface area contributed by atoms with E-state index >= 15 is 0 Å². The Morgan fingerprint density at radius 1 is 0.524 bits per heavy atom. The Kier molecular flexibility index (Phi) is 3.48. The van der Waals surface area contributed by atoms with E-state index in [9.17, 15) is 0 Å². The second-order valence-corrected chi connectivity index (χ2v) is 7.11. The Labute approximate surface area is 140 Å². The summed E-state index contributed by atoms with van der Waals surface area (Å²) < 4.78 is 1.24. The summed E-state index contributed by atoms with van der Waals surface area (Å²) in [6.07, 6.45) is 0. The first-order chi connectivity index (χ1) is 9.77. The summed E-state index contributed by atoms with van der Waals surface area (Å²) in [5.41, 5.74) is 12.2. The summed E-state index contributed by atoms with van der Waals surface area (Å²) in [6, 6.07) is 0. The Bertz CT molecular complexity index is 857. The molecule has 9 heteroatoms. The van der Waals surface area contributed by atoms with E-state index in [2.05, 4.69) is 75.8 Å². The van der Waals surface area contributed by atoms with Crippen molar-refractivity contribution in [2.24, 2.45) is 0 Å². The molecule has 3 rings (SSSR count). The Morgan fingerprint density at radius 2 is 0.952 bits per heavy atom. The Morgan fingerprint density at radius 3 is 1.52 bits per heavy atom. The SMILES string of the molecule is Bc1c(B)c(B)c2c([nH]c3c(B)c(B)c(Br)c(B)c32)c1B. The lowest BCUT2D eigenvalue weighted by molar-refractivity contribution is 1.59. The first-order valence-corrected chi connectivity index (χ1v) is 8.23. The molecule has 2 aromatic carbocycles. The number of hydrogen-bond donors (Lipinski definition) is 1. The van der Waals surface area contributed by atoms with Gasteiger partial charge in [-0.15, -0.1) is 5.46 Å². The molecule has 3 aromatic rings. The minimum absolute atomic E-state index is 1.24. The fourth-order valence-corrected chi connectivity index (χ4v) is 3.99. The maximum Gasteiger partial charge on any atom is 0.141 e. The van der Waals surface area contributed by atoms with Crippen LogP contribution in [0.2, 0.25) is 0 Å². The van der Waals surface area contributed by atoms with Crippen LogP contribution in [-0.2, 0) is 0 Å². The summed E-state index contributed by atoms with van der Waals surface area (Å²) >= 11 is 3.78. The van der Waals surface area contributed by atoms with Gasteiger partial charge in [-0.3, -0.25) is 0 Å². The molecule has 1 nitrogen and oxygen atoms in total. The summed E-state index contributed by atoms with van der Waals surface area (Å²) in [5, 5.41) is 2.77. The van der Waals surface area contributed by atoms with Crippen LogP contribution in [0.1, 0.15) is 0 Å². The van der Waals surface area contributed by atoms with Crippen LogP contribution in [-0.4, -0.2) is 59.9 Å². The predicted molar refractivity (Wildman–Crippen MR) is 121 cm³/mol. The van der Waals surface area contributed by atoms with E-state index in [1.165, 1.54) is 64.5 Å². The molecule has 0 unspecified atom stereocenters. The average molecular weight is 329 g/mol. The Hall–Kier alpha value is -0.825. The van der Waals surface area contributed by atoms with Crippen molar-refractivity contribution < 1.29 is 0 Å². The van der Waals surface area contributed by atoms with Crippen molar-refractivity contribution in [1.82, 2.24) is 4.98 Å². The number of hydrogen-bond acceptors (Lipinski definition) is 0. The number of benzene rings is 2. The number of rotatable bonds is 0. The zero-order chi connectivity index (χ0) is 15.6. The highest BCUT2D eigenvalue weighted by molar-refractivity contribution is 9.10. The molecule has 0 spiro atoms. The van der Waals surface area contributed by atoms with E-state index in [1.807, 2.05) is 0 Å². The van der Waals surface area contributed by atoms with E-state index in [1.54, 1.807) is 0 Å². The van der Waals surface area contributed by atoms with E-state index < -0.39 is 0 Å². The van der Waals surface area contributed by atoms with Crippen LogP contribution in [0.15, 0.2) is 4.47 Å². The van der Waals surface area contributed by atoms with Crippen molar-refractivity contribution in [2.75, 3.05) is 0 Å². The number of aromatic amines is 1. The normalized spacial score (nSPS) is 11.5. The lowest BCUT2D eigenvalue weighted by Gasteiger charge is -2.14. The molecule has 0 amide bonds. The third-order valence-electron chi connectivity index (χ3n) is 5.41. The van der Waals surface area contributed by atoms with Gasteiger partial charge in [0.15, 0.2) is 0 Å². The fraction of sp³-hybridized carbons (Fsp3) is 0. The molecule has 0 saturated carbocycles. The van der Waals surface area contributed by atoms with E-state index in [-0.39, 0.29) is 0 Å². The topological polar surface area (TPSA) is 15.8 Å². The maximum absolute atomic E-state index is 3.78. The monoisotopic (exact) mass is 329 g/mol. The summed E-state index contributed by atoms with van der Waals surface area (Å²) in [5.74, 6) is 0. The van der Waals surface area contributed by atoms with Crippen molar-refractivity contribution in [3.63, 3.8) is 0 Å². The van der Waals surface area contributed by atoms with Crippen molar-refractivity contribution in [1.29, 1.82) is 0 Å². The summed E-state index contributed by atoms with van der Waals surface area (Å²) in [4.78, 5) is 3.71. The van der Waals surface area contributed by atoms with Gasteiger partial charge in [-0.05, 0) is 5.39 Å². The van der Waals surface area contributed by atoms with E-state index in [4.69, 9.17) is 0 Å². The van der Waals surface area contributed by atoms with Crippen LogP contribution in [0.25, 0.3) is 21.8 Å². The third-order valence-corrected chi connectivity index (χ3v) is 6.60. The molecule has 0 aliphatic carbocycles. The van der Waals surface area contributed by atoms with Crippen molar-refractivity contribution >= 4 is 131 Å². The Balaban J connectivity index is 2.73. The smallest absolute Gasteiger partial charge is 0.141 e. The minimum atomic E-state index is 1.24. The van der Waals surface area contributed by atoms with Crippen LogP contribution in [0.4, 0.5) is 0 Å². The van der Waals surface area contributed by atoms with Crippen LogP contribution in [0, 0.1) is 0 Å². The number of halogens is 1. The molecule has 0 aliphatic rings. The van der Waals surface area contributed by atoms with Crippen molar-refractivity contribution in [2.45, 2.75) is 0 Å². The van der Waals surface area contributed by atoms with Gasteiger partial charge in [-0.1, -0.05) is 48.7 Å². The zero-order valence-electron chi connectivity index (χ0n) is 13.9. The first-order valence-electron chi connectivity index (χ1n) is 7.44. The molecule has 0 bridgehead atoms. The minimum Gasteiger partial charge on any atom is -0.356 e. The van der Waals surface area contributed by atoms with Gasteiger partial charge >= 0.3 is 0 Å². The predicted octanol–water partition coefficient (Wildman–Crippen LogP) is -8.11. The van der Waals surface area contributed by atoms with Crippen LogP contribution < -0.4 is 38.2 Å². The fourth-order valence-electron chi connectivity index (χ4n) is 3.49. The van der Waals surface area contributed by atoms with Gasteiger partial charge in [-0.25, -0.2) is 0 Å². The molecule has 1 N–H and O–H groups in total. The van der Waals surface area contributed by atoms with Crippen molar-refractivity contribution in [3.8, 4) is 0 Å². The molecule has 1 aromatic heterocycles. The molecule has 0 aliphatic heterocycles. The highest BCUT2D eigenvalue weighted by Gasteiger charge is 2.18. The van der Waals surface area contributed by atoms with E-state index in [0.29, 0.717) is 0 Å². The molecule has 21 heavy (non-hydrogen) atoms. The lowest BCUT2D eigenvalue weighted by Crippen LogP contribution is -2.47. The van der Waals surface area contributed by atoms with Crippen LogP contribution in [0.3, 0.4) is 0 Å². The lowest BCUT2D eigenvalue weighted by atomic mass is 9.65. The highest BCUT2D eigenvalue weighted by Crippen LogP contribution is 2.20.